The number of anilines is 1. The van der Waals surface area contributed by atoms with Crippen LogP contribution in [0.2, 0.25) is 5.02 Å². The Kier molecular flexibility index (Phi) is 5.98. The second kappa shape index (κ2) is 8.00. The molecule has 0 saturated heterocycles. The van der Waals surface area contributed by atoms with Gasteiger partial charge in [-0.3, -0.25) is 0 Å². The van der Waals surface area contributed by atoms with E-state index in [1.165, 1.54) is 6.92 Å². The van der Waals surface area contributed by atoms with Crippen molar-refractivity contribution in [2.24, 2.45) is 0 Å². The van der Waals surface area contributed by atoms with Gasteiger partial charge in [0, 0.05) is 23.3 Å². The largest absolute Gasteiger partial charge is 0.435 e. The monoisotopic (exact) mass is 448 g/mol. The normalized spacial score (nSPS) is 17.2. The van der Waals surface area contributed by atoms with E-state index < -0.39 is 27.9 Å². The van der Waals surface area contributed by atoms with Gasteiger partial charge < -0.3 is 5.32 Å². The molecule has 2 heterocycles. The van der Waals surface area contributed by atoms with Gasteiger partial charge in [-0.15, -0.1) is 0 Å². The summed E-state index contributed by atoms with van der Waals surface area (Å²) < 4.78 is 69.3. The number of hydrogen-bond donors (Lipinski definition) is 2. The van der Waals surface area contributed by atoms with E-state index in [-0.39, 0.29) is 23.0 Å². The van der Waals surface area contributed by atoms with Crippen LogP contribution in [0.5, 0.6) is 0 Å². The van der Waals surface area contributed by atoms with E-state index in [2.05, 4.69) is 15.1 Å². The highest BCUT2D eigenvalue weighted by Crippen LogP contribution is 2.41. The van der Waals surface area contributed by atoms with Gasteiger partial charge in [-0.05, 0) is 31.0 Å². The van der Waals surface area contributed by atoms with Gasteiger partial charge in [0.1, 0.15) is 16.8 Å². The Morgan fingerprint density at radius 2 is 1.93 bits per heavy atom. The summed E-state index contributed by atoms with van der Waals surface area (Å²) in [6.07, 6.45) is -3.24. The lowest BCUT2D eigenvalue weighted by Gasteiger charge is -2.30. The van der Waals surface area contributed by atoms with Gasteiger partial charge in [-0.25, -0.2) is 17.8 Å². The van der Waals surface area contributed by atoms with Crippen molar-refractivity contribution in [1.29, 1.82) is 0 Å². The molecule has 158 valence electrons. The number of nitrogens with zero attached hydrogens (tertiary/aromatic N) is 2. The van der Waals surface area contributed by atoms with Crippen LogP contribution >= 0.6 is 11.6 Å². The number of nitrogens with one attached hydrogen (secondary N) is 2. The second-order valence-electron chi connectivity index (χ2n) is 6.68. The van der Waals surface area contributed by atoms with Crippen LogP contribution in [0.4, 0.5) is 19.0 Å². The fraction of sp³-hybridized carbons (Fsp3) is 0.389. The van der Waals surface area contributed by atoms with Crippen LogP contribution in [0.1, 0.15) is 44.0 Å². The van der Waals surface area contributed by atoms with Gasteiger partial charge in [0.05, 0.1) is 0 Å². The molecule has 1 atom stereocenters. The molecule has 2 aromatic rings. The van der Waals surface area contributed by atoms with Crippen molar-refractivity contribution < 1.29 is 21.6 Å². The van der Waals surface area contributed by atoms with Gasteiger partial charge >= 0.3 is 6.18 Å². The van der Waals surface area contributed by atoms with Gasteiger partial charge in [0.25, 0.3) is 0 Å². The summed E-state index contributed by atoms with van der Waals surface area (Å²) in [6, 6.07) is 6.05. The summed E-state index contributed by atoms with van der Waals surface area (Å²) in [6.45, 7) is 3.66. The number of hydrogen-bond acceptors (Lipinski definition) is 4. The number of unbranched alkanes of at least 4 members (excludes halogenated alkanes) is 1. The molecule has 0 bridgehead atoms. The molecule has 0 amide bonds. The first-order valence-corrected chi connectivity index (χ1v) is 10.8. The number of benzene rings is 1. The number of halogens is 4. The molecule has 1 aliphatic rings. The summed E-state index contributed by atoms with van der Waals surface area (Å²) >= 11 is 5.93. The lowest BCUT2D eigenvalue weighted by molar-refractivity contribution is -0.141. The van der Waals surface area contributed by atoms with Crippen LogP contribution < -0.4 is 10.0 Å². The maximum absolute atomic E-state index is 13.2. The molecule has 0 saturated carbocycles. The van der Waals surface area contributed by atoms with Gasteiger partial charge in [0.15, 0.2) is 5.69 Å². The van der Waals surface area contributed by atoms with Crippen LogP contribution in [-0.2, 0) is 16.2 Å². The predicted molar refractivity (Wildman–Crippen MR) is 105 cm³/mol. The van der Waals surface area contributed by atoms with Crippen LogP contribution in [-0.4, -0.2) is 24.7 Å². The van der Waals surface area contributed by atoms with Gasteiger partial charge in [-0.2, -0.15) is 18.3 Å². The highest BCUT2D eigenvalue weighted by molar-refractivity contribution is 7.93. The van der Waals surface area contributed by atoms with Crippen molar-refractivity contribution in [2.75, 3.05) is 11.9 Å². The number of alkyl halides is 3. The van der Waals surface area contributed by atoms with E-state index >= 15 is 0 Å². The summed E-state index contributed by atoms with van der Waals surface area (Å²) in [5, 5.41) is 6.83. The third-order valence-electron chi connectivity index (χ3n) is 4.50. The lowest BCUT2D eigenvalue weighted by Crippen LogP contribution is -2.35. The van der Waals surface area contributed by atoms with Crippen molar-refractivity contribution in [3.63, 3.8) is 0 Å². The fourth-order valence-electron chi connectivity index (χ4n) is 3.14. The van der Waals surface area contributed by atoms with E-state index in [1.807, 2.05) is 6.92 Å². The maximum atomic E-state index is 13.2. The summed E-state index contributed by atoms with van der Waals surface area (Å²) in [5.74, 6) is 0.0577. The SMILES string of the molecule is CCCCNS(=O)(=O)C1=C(C)Nc2cc(C(F)(F)F)nn2C1c1ccc(Cl)cc1. The molecule has 1 aromatic heterocycles. The van der Waals surface area contributed by atoms with Gasteiger partial charge in [0.2, 0.25) is 10.0 Å². The molecule has 29 heavy (non-hydrogen) atoms. The standard InChI is InChI=1S/C18H20ClF3N4O2S/c1-3-4-9-23-29(27,28)17-11(2)24-15-10-14(18(20,21)22)25-26(15)16(17)12-5-7-13(19)8-6-12/h5-8,10,16,23-24H,3-4,9H2,1-2H3. The molecule has 1 unspecified atom stereocenters. The Labute approximate surface area is 171 Å². The van der Waals surface area contributed by atoms with E-state index in [0.29, 0.717) is 17.0 Å². The minimum atomic E-state index is -4.66. The third-order valence-corrected chi connectivity index (χ3v) is 6.45. The molecular weight excluding hydrogens is 429 g/mol. The topological polar surface area (TPSA) is 76.0 Å². The highest BCUT2D eigenvalue weighted by atomic mass is 35.5. The molecule has 1 aromatic carbocycles. The van der Waals surface area contributed by atoms with Crippen LogP contribution in [0.15, 0.2) is 40.9 Å². The quantitative estimate of drug-likeness (QED) is 0.637. The lowest BCUT2D eigenvalue weighted by atomic mass is 10.0. The molecule has 0 radical (unpaired) electrons. The molecule has 0 aliphatic carbocycles. The smallest absolute Gasteiger partial charge is 0.343 e. The first-order chi connectivity index (χ1) is 13.5. The number of fused-ring (bicyclic) bond motifs is 1. The number of allylic oxidation sites excluding steroid dienone is 2. The van der Waals surface area contributed by atoms with E-state index in [4.69, 9.17) is 11.6 Å². The van der Waals surface area contributed by atoms with Crippen molar-refractivity contribution in [3.05, 3.63) is 57.2 Å². The molecular formula is C18H20ClF3N4O2S. The van der Waals surface area contributed by atoms with E-state index in [1.54, 1.807) is 24.3 Å². The third kappa shape index (κ3) is 4.44. The molecule has 3 rings (SSSR count). The molecule has 0 spiro atoms. The predicted octanol–water partition coefficient (Wildman–Crippen LogP) is 4.52. The molecule has 2 N–H and O–H groups in total. The second-order valence-corrected chi connectivity index (χ2v) is 8.85. The first-order valence-electron chi connectivity index (χ1n) is 8.94. The van der Waals surface area contributed by atoms with Crippen LogP contribution in [0, 0.1) is 0 Å². The minimum absolute atomic E-state index is 0.0577. The zero-order valence-corrected chi connectivity index (χ0v) is 17.3. The Bertz CT molecular complexity index is 1030. The van der Waals surface area contributed by atoms with Crippen molar-refractivity contribution in [3.8, 4) is 0 Å². The number of rotatable bonds is 6. The highest BCUT2D eigenvalue weighted by Gasteiger charge is 2.41. The zero-order valence-electron chi connectivity index (χ0n) is 15.7. The molecule has 1 aliphatic heterocycles. The van der Waals surface area contributed by atoms with Gasteiger partial charge in [-0.1, -0.05) is 37.1 Å². The van der Waals surface area contributed by atoms with Crippen molar-refractivity contribution >= 4 is 27.4 Å². The molecule has 6 nitrogen and oxygen atoms in total. The van der Waals surface area contributed by atoms with E-state index in [0.717, 1.165) is 17.2 Å². The average Bonchev–Trinajstić information content (AvgIpc) is 3.05. The van der Waals surface area contributed by atoms with Crippen LogP contribution in [0.25, 0.3) is 0 Å². The van der Waals surface area contributed by atoms with Crippen LogP contribution in [0.3, 0.4) is 0 Å². The summed E-state index contributed by atoms with van der Waals surface area (Å²) in [5.41, 5.74) is -0.427. The van der Waals surface area contributed by atoms with Crippen molar-refractivity contribution in [2.45, 2.75) is 38.9 Å². The van der Waals surface area contributed by atoms with E-state index in [9.17, 15) is 21.6 Å². The zero-order chi connectivity index (χ0) is 21.4. The number of aromatic nitrogens is 2. The Hall–Kier alpha value is -2.04. The Morgan fingerprint density at radius 3 is 2.52 bits per heavy atom. The van der Waals surface area contributed by atoms with Crippen molar-refractivity contribution in [1.82, 2.24) is 14.5 Å². The Balaban J connectivity index is 2.15. The average molecular weight is 449 g/mol. The fourth-order valence-corrected chi connectivity index (χ4v) is 4.82. The first kappa shape index (κ1) is 21.7. The molecule has 11 heteroatoms. The maximum Gasteiger partial charge on any atom is 0.435 e. The minimum Gasteiger partial charge on any atom is -0.343 e. The number of sulfonamides is 1. The summed E-state index contributed by atoms with van der Waals surface area (Å²) in [4.78, 5) is -0.0831. The summed E-state index contributed by atoms with van der Waals surface area (Å²) in [7, 11) is -3.99. The molecule has 0 fully saturated rings. The Morgan fingerprint density at radius 1 is 1.28 bits per heavy atom.